The molecule has 1 aromatic carbocycles. The average Bonchev–Trinajstić information content (AvgIpc) is 2.72. The van der Waals surface area contributed by atoms with Crippen LogP contribution in [0.1, 0.15) is 22.8 Å². The summed E-state index contributed by atoms with van der Waals surface area (Å²) in [5.74, 6) is 1.24. The Hall–Kier alpha value is -2.67. The number of anilines is 1. The van der Waals surface area contributed by atoms with Crippen LogP contribution in [0.4, 0.5) is 5.95 Å². The van der Waals surface area contributed by atoms with Crippen LogP contribution >= 0.6 is 0 Å². The summed E-state index contributed by atoms with van der Waals surface area (Å²) < 4.78 is 5.30. The molecule has 1 fully saturated rings. The highest BCUT2D eigenvalue weighted by Gasteiger charge is 2.18. The van der Waals surface area contributed by atoms with Crippen molar-refractivity contribution >= 4 is 11.9 Å². The Morgan fingerprint density at radius 2 is 1.85 bits per heavy atom. The first-order chi connectivity index (χ1) is 12.7. The number of methoxy groups -OCH3 is 1. The Kier molecular flexibility index (Phi) is 6.01. The number of carbonyl (C=O) groups excluding carboxylic acids is 1. The summed E-state index contributed by atoms with van der Waals surface area (Å²) in [7, 11) is 1.62. The molecule has 1 aliphatic rings. The Labute approximate surface area is 154 Å². The molecule has 7 nitrogen and oxygen atoms in total. The summed E-state index contributed by atoms with van der Waals surface area (Å²) in [4.78, 5) is 25.6. The quantitative estimate of drug-likeness (QED) is 0.848. The number of aromatic nitrogens is 2. The lowest BCUT2D eigenvalue weighted by Gasteiger charge is -2.33. The molecule has 0 atom stereocenters. The van der Waals surface area contributed by atoms with Gasteiger partial charge in [-0.3, -0.25) is 4.79 Å². The molecule has 138 valence electrons. The van der Waals surface area contributed by atoms with E-state index < -0.39 is 0 Å². The Morgan fingerprint density at radius 1 is 1.15 bits per heavy atom. The van der Waals surface area contributed by atoms with E-state index in [9.17, 15) is 4.79 Å². The Morgan fingerprint density at radius 3 is 2.50 bits per heavy atom. The van der Waals surface area contributed by atoms with E-state index in [4.69, 9.17) is 4.74 Å². The number of piperazine rings is 1. The van der Waals surface area contributed by atoms with Gasteiger partial charge >= 0.3 is 0 Å². The van der Waals surface area contributed by atoms with Crippen molar-refractivity contribution in [2.45, 2.75) is 13.5 Å². The first-order valence-electron chi connectivity index (χ1n) is 8.90. The third-order valence-electron chi connectivity index (χ3n) is 4.63. The third kappa shape index (κ3) is 4.29. The van der Waals surface area contributed by atoms with Gasteiger partial charge in [0.25, 0.3) is 5.91 Å². The molecule has 2 aromatic rings. The second-order valence-electron chi connectivity index (χ2n) is 6.19. The Balaban J connectivity index is 1.57. The van der Waals surface area contributed by atoms with Gasteiger partial charge in [-0.2, -0.15) is 0 Å². The van der Waals surface area contributed by atoms with Crippen molar-refractivity contribution in [1.82, 2.24) is 20.2 Å². The molecule has 1 aromatic heterocycles. The van der Waals surface area contributed by atoms with E-state index in [0.29, 0.717) is 18.1 Å². The second-order valence-corrected chi connectivity index (χ2v) is 6.19. The SMILES string of the molecule is CCN1CCN(c2ncc(C(=O)NCc3ccccc3OC)cn2)CC1. The number of amides is 1. The second kappa shape index (κ2) is 8.62. The van der Waals surface area contributed by atoms with Gasteiger partial charge in [0.05, 0.1) is 12.7 Å². The summed E-state index contributed by atoms with van der Waals surface area (Å²) in [6.45, 7) is 7.48. The molecule has 0 unspecified atom stereocenters. The van der Waals surface area contributed by atoms with E-state index in [1.54, 1.807) is 19.5 Å². The van der Waals surface area contributed by atoms with E-state index in [-0.39, 0.29) is 5.91 Å². The van der Waals surface area contributed by atoms with Crippen molar-refractivity contribution in [3.8, 4) is 5.75 Å². The van der Waals surface area contributed by atoms with E-state index in [0.717, 1.165) is 44.0 Å². The van der Waals surface area contributed by atoms with Crippen LogP contribution in [-0.4, -0.2) is 60.6 Å². The molecule has 0 spiro atoms. The van der Waals surface area contributed by atoms with Crippen LogP contribution in [0.2, 0.25) is 0 Å². The molecule has 1 saturated heterocycles. The van der Waals surface area contributed by atoms with Crippen LogP contribution in [0, 0.1) is 0 Å². The number of hydrogen-bond acceptors (Lipinski definition) is 6. The predicted octanol–water partition coefficient (Wildman–Crippen LogP) is 1.56. The number of ether oxygens (including phenoxy) is 1. The molecule has 2 heterocycles. The first-order valence-corrected chi connectivity index (χ1v) is 8.90. The summed E-state index contributed by atoms with van der Waals surface area (Å²) in [6, 6.07) is 7.61. The van der Waals surface area contributed by atoms with E-state index >= 15 is 0 Å². The maximum Gasteiger partial charge on any atom is 0.254 e. The fraction of sp³-hybridized carbons (Fsp3) is 0.421. The van der Waals surface area contributed by atoms with Gasteiger partial charge in [0.1, 0.15) is 5.75 Å². The lowest BCUT2D eigenvalue weighted by Crippen LogP contribution is -2.46. The molecule has 3 rings (SSSR count). The average molecular weight is 355 g/mol. The fourth-order valence-electron chi connectivity index (χ4n) is 2.99. The van der Waals surface area contributed by atoms with E-state index in [2.05, 4.69) is 32.0 Å². The summed E-state index contributed by atoms with van der Waals surface area (Å²) >= 11 is 0. The third-order valence-corrected chi connectivity index (χ3v) is 4.63. The van der Waals surface area contributed by atoms with Crippen LogP contribution < -0.4 is 15.0 Å². The van der Waals surface area contributed by atoms with E-state index in [1.807, 2.05) is 24.3 Å². The van der Waals surface area contributed by atoms with Gasteiger partial charge in [0, 0.05) is 50.7 Å². The van der Waals surface area contributed by atoms with Crippen LogP contribution in [0.5, 0.6) is 5.75 Å². The molecule has 0 bridgehead atoms. The lowest BCUT2D eigenvalue weighted by molar-refractivity contribution is 0.0950. The maximum atomic E-state index is 12.3. The zero-order valence-corrected chi connectivity index (χ0v) is 15.3. The Bertz CT molecular complexity index is 727. The molecule has 0 saturated carbocycles. The van der Waals surface area contributed by atoms with Crippen molar-refractivity contribution in [2.24, 2.45) is 0 Å². The fourth-order valence-corrected chi connectivity index (χ4v) is 2.99. The van der Waals surface area contributed by atoms with Gasteiger partial charge < -0.3 is 19.9 Å². The number of likely N-dealkylation sites (N-methyl/N-ethyl adjacent to an activating group) is 1. The highest BCUT2D eigenvalue weighted by Crippen LogP contribution is 2.17. The van der Waals surface area contributed by atoms with Gasteiger partial charge in [0.15, 0.2) is 0 Å². The van der Waals surface area contributed by atoms with Gasteiger partial charge in [-0.25, -0.2) is 9.97 Å². The molecule has 1 amide bonds. The molecule has 0 radical (unpaired) electrons. The summed E-state index contributed by atoms with van der Waals surface area (Å²) in [5, 5.41) is 2.88. The van der Waals surface area contributed by atoms with Gasteiger partial charge in [-0.05, 0) is 12.6 Å². The van der Waals surface area contributed by atoms with Crippen LogP contribution in [-0.2, 0) is 6.54 Å². The minimum Gasteiger partial charge on any atom is -0.496 e. The highest BCUT2D eigenvalue weighted by atomic mass is 16.5. The van der Waals surface area contributed by atoms with Crippen LogP contribution in [0.25, 0.3) is 0 Å². The topological polar surface area (TPSA) is 70.6 Å². The lowest BCUT2D eigenvalue weighted by atomic mass is 10.2. The predicted molar refractivity (Wildman–Crippen MR) is 101 cm³/mol. The van der Waals surface area contributed by atoms with Crippen molar-refractivity contribution < 1.29 is 9.53 Å². The largest absolute Gasteiger partial charge is 0.496 e. The number of carbonyl (C=O) groups is 1. The molecular weight excluding hydrogens is 330 g/mol. The highest BCUT2D eigenvalue weighted by molar-refractivity contribution is 5.93. The molecule has 7 heteroatoms. The number of benzene rings is 1. The van der Waals surface area contributed by atoms with Crippen molar-refractivity contribution in [2.75, 3.05) is 44.7 Å². The maximum absolute atomic E-state index is 12.3. The number of hydrogen-bond donors (Lipinski definition) is 1. The van der Waals surface area contributed by atoms with Crippen molar-refractivity contribution in [1.29, 1.82) is 0 Å². The number of nitrogens with one attached hydrogen (secondary N) is 1. The van der Waals surface area contributed by atoms with Crippen LogP contribution in [0.3, 0.4) is 0 Å². The zero-order chi connectivity index (χ0) is 18.4. The van der Waals surface area contributed by atoms with E-state index in [1.165, 1.54) is 0 Å². The minimum absolute atomic E-state index is 0.196. The molecular formula is C19H25N5O2. The van der Waals surface area contributed by atoms with Gasteiger partial charge in [-0.1, -0.05) is 25.1 Å². The number of nitrogens with zero attached hydrogens (tertiary/aromatic N) is 4. The number of para-hydroxylation sites is 1. The normalized spacial score (nSPS) is 14.9. The van der Waals surface area contributed by atoms with Gasteiger partial charge in [-0.15, -0.1) is 0 Å². The first kappa shape index (κ1) is 18.1. The van der Waals surface area contributed by atoms with Crippen molar-refractivity contribution in [3.63, 3.8) is 0 Å². The summed E-state index contributed by atoms with van der Waals surface area (Å²) in [5.41, 5.74) is 1.38. The molecule has 0 aliphatic carbocycles. The molecule has 26 heavy (non-hydrogen) atoms. The summed E-state index contributed by atoms with van der Waals surface area (Å²) in [6.07, 6.45) is 3.18. The minimum atomic E-state index is -0.196. The smallest absolute Gasteiger partial charge is 0.254 e. The standard InChI is InChI=1S/C19H25N5O2/c1-3-23-8-10-24(11-9-23)19-21-13-16(14-22-19)18(25)20-12-15-6-4-5-7-17(15)26-2/h4-7,13-14H,3,8-12H2,1-2H3,(H,20,25). The zero-order valence-electron chi connectivity index (χ0n) is 15.3. The monoisotopic (exact) mass is 355 g/mol. The molecule has 1 aliphatic heterocycles. The van der Waals surface area contributed by atoms with Gasteiger partial charge in [0.2, 0.25) is 5.95 Å². The van der Waals surface area contributed by atoms with Crippen molar-refractivity contribution in [3.05, 3.63) is 47.8 Å². The number of rotatable bonds is 6. The molecule has 1 N–H and O–H groups in total. The van der Waals surface area contributed by atoms with Crippen LogP contribution in [0.15, 0.2) is 36.7 Å².